The summed E-state index contributed by atoms with van der Waals surface area (Å²) in [6.07, 6.45) is 1.67. The molecule has 0 aliphatic carbocycles. The molecule has 1 aliphatic heterocycles. The smallest absolute Gasteiger partial charge is 0.338 e. The van der Waals surface area contributed by atoms with Crippen LogP contribution in [0.3, 0.4) is 0 Å². The third-order valence-corrected chi connectivity index (χ3v) is 4.59. The highest BCUT2D eigenvalue weighted by Gasteiger charge is 2.36. The highest BCUT2D eigenvalue weighted by Crippen LogP contribution is 2.32. The number of carbonyl (C=O) groups excluding carboxylic acids is 3. The number of anilines is 1. The van der Waals surface area contributed by atoms with Crippen LogP contribution in [0, 0.1) is 0 Å². The monoisotopic (exact) mass is 401 g/mol. The quantitative estimate of drug-likeness (QED) is 0.641. The van der Waals surface area contributed by atoms with Crippen LogP contribution in [-0.4, -0.2) is 35.5 Å². The molecule has 1 unspecified atom stereocenters. The van der Waals surface area contributed by atoms with Crippen LogP contribution >= 0.6 is 0 Å². The molecule has 1 atom stereocenters. The van der Waals surface area contributed by atoms with Crippen LogP contribution < -0.4 is 10.6 Å². The zero-order chi connectivity index (χ0) is 21.6. The topological polar surface area (TPSA) is 87.7 Å². The third-order valence-electron chi connectivity index (χ3n) is 4.59. The largest absolute Gasteiger partial charge is 0.459 e. The highest BCUT2D eigenvalue weighted by molar-refractivity contribution is 5.95. The van der Waals surface area contributed by atoms with Crippen molar-refractivity contribution in [2.24, 2.45) is 0 Å². The van der Waals surface area contributed by atoms with E-state index in [1.54, 1.807) is 43.9 Å². The lowest BCUT2D eigenvalue weighted by Crippen LogP contribution is -2.48. The number of nitrogens with one attached hydrogen (secondary N) is 2. The van der Waals surface area contributed by atoms with Crippen LogP contribution in [0.1, 0.15) is 65.5 Å². The van der Waals surface area contributed by atoms with Crippen LogP contribution in [0.4, 0.5) is 10.5 Å². The molecule has 0 bridgehead atoms. The van der Waals surface area contributed by atoms with E-state index in [9.17, 15) is 14.4 Å². The zero-order valence-corrected chi connectivity index (χ0v) is 17.9. The van der Waals surface area contributed by atoms with E-state index in [0.717, 1.165) is 12.8 Å². The van der Waals surface area contributed by atoms with Gasteiger partial charge >= 0.3 is 12.0 Å². The number of esters is 1. The number of amides is 3. The van der Waals surface area contributed by atoms with Gasteiger partial charge in [-0.2, -0.15) is 0 Å². The van der Waals surface area contributed by atoms with Crippen LogP contribution in [0.25, 0.3) is 0 Å². The van der Waals surface area contributed by atoms with Crippen LogP contribution in [0.2, 0.25) is 0 Å². The van der Waals surface area contributed by atoms with Crippen LogP contribution in [-0.2, 0) is 14.3 Å². The van der Waals surface area contributed by atoms with Crippen molar-refractivity contribution in [1.82, 2.24) is 10.2 Å². The average molecular weight is 402 g/mol. The van der Waals surface area contributed by atoms with Crippen molar-refractivity contribution in [3.63, 3.8) is 0 Å². The second-order valence-electron chi connectivity index (χ2n) is 7.41. The maximum Gasteiger partial charge on any atom is 0.338 e. The maximum absolute atomic E-state index is 12.9. The van der Waals surface area contributed by atoms with E-state index >= 15 is 0 Å². The molecule has 1 aliphatic rings. The summed E-state index contributed by atoms with van der Waals surface area (Å²) >= 11 is 0. The molecule has 0 radical (unpaired) electrons. The van der Waals surface area contributed by atoms with E-state index < -0.39 is 12.0 Å². The lowest BCUT2D eigenvalue weighted by atomic mass is 9.94. The van der Waals surface area contributed by atoms with Gasteiger partial charge < -0.3 is 15.4 Å². The van der Waals surface area contributed by atoms with Gasteiger partial charge in [0.05, 0.1) is 17.7 Å². The van der Waals surface area contributed by atoms with Crippen molar-refractivity contribution in [1.29, 1.82) is 0 Å². The Morgan fingerprint density at radius 3 is 2.59 bits per heavy atom. The van der Waals surface area contributed by atoms with Gasteiger partial charge in [-0.3, -0.25) is 9.69 Å². The molecule has 1 aromatic carbocycles. The van der Waals surface area contributed by atoms with Gasteiger partial charge in [0.25, 0.3) is 0 Å². The summed E-state index contributed by atoms with van der Waals surface area (Å²) in [5.41, 5.74) is 2.33. The van der Waals surface area contributed by atoms with Gasteiger partial charge in [0.1, 0.15) is 0 Å². The minimum atomic E-state index is -0.648. The molecule has 7 nitrogen and oxygen atoms in total. The van der Waals surface area contributed by atoms with Gasteiger partial charge in [-0.05, 0) is 51.3 Å². The minimum Gasteiger partial charge on any atom is -0.459 e. The van der Waals surface area contributed by atoms with Crippen molar-refractivity contribution < 1.29 is 19.1 Å². The van der Waals surface area contributed by atoms with E-state index in [0.29, 0.717) is 35.5 Å². The normalized spacial score (nSPS) is 16.7. The molecule has 0 saturated heterocycles. The lowest BCUT2D eigenvalue weighted by Gasteiger charge is -2.35. The predicted molar refractivity (Wildman–Crippen MR) is 112 cm³/mol. The zero-order valence-electron chi connectivity index (χ0n) is 17.9. The molecular formula is C22H31N3O4. The molecule has 3 amide bonds. The lowest BCUT2D eigenvalue weighted by molar-refractivity contribution is -0.143. The number of benzene rings is 1. The Morgan fingerprint density at radius 1 is 1.24 bits per heavy atom. The van der Waals surface area contributed by atoms with Crippen LogP contribution in [0.15, 0.2) is 35.5 Å². The predicted octanol–water partition coefficient (Wildman–Crippen LogP) is 4.13. The molecule has 1 heterocycles. The Morgan fingerprint density at radius 2 is 1.97 bits per heavy atom. The summed E-state index contributed by atoms with van der Waals surface area (Å²) < 4.78 is 5.46. The fourth-order valence-electron chi connectivity index (χ4n) is 3.31. The van der Waals surface area contributed by atoms with Crippen LogP contribution in [0.5, 0.6) is 0 Å². The van der Waals surface area contributed by atoms with Crippen molar-refractivity contribution in [2.45, 2.75) is 66.0 Å². The first kappa shape index (κ1) is 22.5. The number of hydrogen-bond acceptors (Lipinski definition) is 4. The molecule has 0 fully saturated rings. The summed E-state index contributed by atoms with van der Waals surface area (Å²) in [7, 11) is 0. The molecule has 158 valence electrons. The number of ether oxygens (including phenoxy) is 1. The molecule has 0 spiro atoms. The Balaban J connectivity index is 2.44. The molecule has 0 aromatic heterocycles. The molecular weight excluding hydrogens is 370 g/mol. The van der Waals surface area contributed by atoms with Crippen molar-refractivity contribution in [2.75, 3.05) is 11.9 Å². The maximum atomic E-state index is 12.9. The molecule has 7 heteroatoms. The minimum absolute atomic E-state index is 0.0717. The number of carbonyl (C=O) groups is 3. The Labute approximate surface area is 172 Å². The highest BCUT2D eigenvalue weighted by atomic mass is 16.5. The van der Waals surface area contributed by atoms with Gasteiger partial charge in [-0.25, -0.2) is 9.59 Å². The fraction of sp³-hybridized carbons (Fsp3) is 0.500. The summed E-state index contributed by atoms with van der Waals surface area (Å²) in [6, 6.07) is 6.28. The molecule has 2 rings (SSSR count). The van der Waals surface area contributed by atoms with Gasteiger partial charge in [0.2, 0.25) is 5.91 Å². The van der Waals surface area contributed by atoms with E-state index in [1.165, 1.54) is 0 Å². The molecule has 29 heavy (non-hydrogen) atoms. The van der Waals surface area contributed by atoms with E-state index in [4.69, 9.17) is 4.74 Å². The van der Waals surface area contributed by atoms with Gasteiger partial charge in [0.15, 0.2) is 0 Å². The molecule has 1 aromatic rings. The molecule has 2 N–H and O–H groups in total. The van der Waals surface area contributed by atoms with E-state index in [-0.39, 0.29) is 18.0 Å². The fourth-order valence-corrected chi connectivity index (χ4v) is 3.31. The van der Waals surface area contributed by atoms with Gasteiger partial charge in [0, 0.05) is 24.4 Å². The van der Waals surface area contributed by atoms with Gasteiger partial charge in [-0.1, -0.05) is 26.0 Å². The van der Waals surface area contributed by atoms with Crippen molar-refractivity contribution in [3.8, 4) is 0 Å². The summed E-state index contributed by atoms with van der Waals surface area (Å²) in [4.78, 5) is 39.1. The number of allylic oxidation sites excluding steroid dienone is 1. The number of rotatable bonds is 8. The number of urea groups is 1. The second kappa shape index (κ2) is 10.1. The Hall–Kier alpha value is -2.83. The summed E-state index contributed by atoms with van der Waals surface area (Å²) in [5, 5.41) is 5.78. The van der Waals surface area contributed by atoms with E-state index in [1.807, 2.05) is 19.9 Å². The van der Waals surface area contributed by atoms with Crippen molar-refractivity contribution >= 4 is 23.6 Å². The first-order chi connectivity index (χ1) is 13.8. The Kier molecular flexibility index (Phi) is 7.82. The summed E-state index contributed by atoms with van der Waals surface area (Å²) in [5.74, 6) is -0.526. The van der Waals surface area contributed by atoms with E-state index in [2.05, 4.69) is 10.6 Å². The first-order valence-corrected chi connectivity index (χ1v) is 10.2. The number of nitrogens with zero attached hydrogens (tertiary/aromatic N) is 1. The van der Waals surface area contributed by atoms with Crippen molar-refractivity contribution in [3.05, 3.63) is 41.1 Å². The summed E-state index contributed by atoms with van der Waals surface area (Å²) in [6.45, 7) is 9.77. The Bertz CT molecular complexity index is 801. The average Bonchev–Trinajstić information content (AvgIpc) is 2.64. The standard InChI is InChI=1S/C22H31N3O4/c1-6-9-18(26)23-17-11-8-10-16(13-17)20-19(21(27)29-14(3)4)15(5)25(12-7-2)22(28)24-20/h8,10-11,13-14,20H,6-7,9,12H2,1-5H3,(H,23,26)(H,24,28). The molecule has 0 saturated carbocycles. The second-order valence-corrected chi connectivity index (χ2v) is 7.41. The third kappa shape index (κ3) is 5.59. The van der Waals surface area contributed by atoms with Gasteiger partial charge in [-0.15, -0.1) is 0 Å². The first-order valence-electron chi connectivity index (χ1n) is 10.2. The number of hydrogen-bond donors (Lipinski definition) is 2. The SMILES string of the molecule is CCCC(=O)Nc1cccc(C2NC(=O)N(CCC)C(C)=C2C(=O)OC(C)C)c1.